The highest BCUT2D eigenvalue weighted by Crippen LogP contribution is 2.23. The lowest BCUT2D eigenvalue weighted by Gasteiger charge is -2.17. The molecule has 0 saturated heterocycles. The van der Waals surface area contributed by atoms with E-state index in [4.69, 9.17) is 9.47 Å². The molecule has 0 spiro atoms. The van der Waals surface area contributed by atoms with Crippen LogP contribution in [0.25, 0.3) is 6.08 Å². The molecular weight excluding hydrogens is 389 g/mol. The minimum atomic E-state index is -0.915. The number of nitriles is 1. The molecular formula is C22H24FN3O4. The monoisotopic (exact) mass is 413 g/mol. The zero-order chi connectivity index (χ0) is 22.3. The van der Waals surface area contributed by atoms with Crippen molar-refractivity contribution in [3.63, 3.8) is 0 Å². The number of methoxy groups -OCH3 is 1. The molecule has 1 N–H and O–H groups in total. The number of ether oxygens (including phenoxy) is 2. The zero-order valence-electron chi connectivity index (χ0n) is 17.4. The Bertz CT molecular complexity index is 1000. The summed E-state index contributed by atoms with van der Waals surface area (Å²) in [4.78, 5) is 24.2. The van der Waals surface area contributed by atoms with Crippen LogP contribution in [0, 0.1) is 31.0 Å². The van der Waals surface area contributed by atoms with Crippen LogP contribution in [0.15, 0.2) is 35.9 Å². The van der Waals surface area contributed by atoms with Crippen molar-refractivity contribution in [2.45, 2.75) is 26.8 Å². The van der Waals surface area contributed by atoms with Crippen molar-refractivity contribution in [2.24, 2.45) is 0 Å². The Labute approximate surface area is 174 Å². The standard InChI is InChI=1S/C22H24FN3O4/c1-14-8-17(16(3)26(14)15(2)12-29-4)9-18(11-24)22(28)30-13-21(27)25-20-7-5-6-19(23)10-20/h5-10,15H,12-13H2,1-4H3,(H,25,27)/b18-9+/t15-/m1/s1. The summed E-state index contributed by atoms with van der Waals surface area (Å²) >= 11 is 0. The van der Waals surface area contributed by atoms with Crippen LogP contribution in [-0.2, 0) is 19.1 Å². The summed E-state index contributed by atoms with van der Waals surface area (Å²) in [6, 6.07) is 9.09. The molecule has 2 rings (SSSR count). The Morgan fingerprint density at radius 3 is 2.70 bits per heavy atom. The molecule has 0 aliphatic rings. The number of carbonyl (C=O) groups excluding carboxylic acids is 2. The lowest BCUT2D eigenvalue weighted by Crippen LogP contribution is -2.21. The van der Waals surface area contributed by atoms with Gasteiger partial charge in [0.05, 0.1) is 12.6 Å². The van der Waals surface area contributed by atoms with Crippen molar-refractivity contribution >= 4 is 23.6 Å². The number of esters is 1. The number of amides is 1. The number of carbonyl (C=O) groups is 2. The first-order valence-electron chi connectivity index (χ1n) is 9.28. The Morgan fingerprint density at radius 1 is 1.33 bits per heavy atom. The Hall–Kier alpha value is -3.44. The molecule has 0 radical (unpaired) electrons. The van der Waals surface area contributed by atoms with Crippen LogP contribution in [0.3, 0.4) is 0 Å². The lowest BCUT2D eigenvalue weighted by molar-refractivity contribution is -0.142. The smallest absolute Gasteiger partial charge is 0.349 e. The molecule has 1 aromatic heterocycles. The van der Waals surface area contributed by atoms with Gasteiger partial charge in [-0.2, -0.15) is 5.26 Å². The van der Waals surface area contributed by atoms with Gasteiger partial charge in [0.15, 0.2) is 6.61 Å². The molecule has 0 unspecified atom stereocenters. The van der Waals surface area contributed by atoms with E-state index in [2.05, 4.69) is 9.88 Å². The maximum atomic E-state index is 13.2. The molecule has 30 heavy (non-hydrogen) atoms. The fraction of sp³-hybridized carbons (Fsp3) is 0.318. The minimum Gasteiger partial charge on any atom is -0.451 e. The van der Waals surface area contributed by atoms with Gasteiger partial charge in [-0.1, -0.05) is 6.07 Å². The maximum Gasteiger partial charge on any atom is 0.349 e. The van der Waals surface area contributed by atoms with Crippen LogP contribution in [0.5, 0.6) is 0 Å². The Kier molecular flexibility index (Phi) is 7.90. The van der Waals surface area contributed by atoms with Crippen LogP contribution < -0.4 is 5.32 Å². The van der Waals surface area contributed by atoms with Gasteiger partial charge in [-0.25, -0.2) is 9.18 Å². The summed E-state index contributed by atoms with van der Waals surface area (Å²) in [6.07, 6.45) is 1.44. The average molecular weight is 413 g/mol. The van der Waals surface area contributed by atoms with Crippen molar-refractivity contribution in [2.75, 3.05) is 25.6 Å². The molecule has 0 fully saturated rings. The number of aromatic nitrogens is 1. The molecule has 158 valence electrons. The van der Waals surface area contributed by atoms with E-state index in [1.165, 1.54) is 24.3 Å². The number of hydrogen-bond acceptors (Lipinski definition) is 5. The second-order valence-corrected chi connectivity index (χ2v) is 6.81. The number of rotatable bonds is 8. The largest absolute Gasteiger partial charge is 0.451 e. The van der Waals surface area contributed by atoms with Crippen LogP contribution >= 0.6 is 0 Å². The van der Waals surface area contributed by atoms with Gasteiger partial charge >= 0.3 is 5.97 Å². The third-order valence-corrected chi connectivity index (χ3v) is 4.46. The first-order valence-corrected chi connectivity index (χ1v) is 9.28. The van der Waals surface area contributed by atoms with Gasteiger partial charge in [0.1, 0.15) is 17.5 Å². The van der Waals surface area contributed by atoms with Crippen LogP contribution in [-0.4, -0.2) is 36.8 Å². The molecule has 0 bridgehead atoms. The Balaban J connectivity index is 2.07. The molecule has 0 aliphatic carbocycles. The zero-order valence-corrected chi connectivity index (χ0v) is 17.4. The number of benzene rings is 1. The SMILES string of the molecule is COC[C@@H](C)n1c(C)cc(/C=C(\C#N)C(=O)OCC(=O)Nc2cccc(F)c2)c1C. The van der Waals surface area contributed by atoms with E-state index in [9.17, 15) is 19.2 Å². The fourth-order valence-electron chi connectivity index (χ4n) is 3.21. The van der Waals surface area contributed by atoms with E-state index >= 15 is 0 Å². The molecule has 2 aromatic rings. The molecule has 1 heterocycles. The molecule has 0 aliphatic heterocycles. The topological polar surface area (TPSA) is 93.3 Å². The summed E-state index contributed by atoms with van der Waals surface area (Å²) in [5, 5.41) is 11.8. The van der Waals surface area contributed by atoms with E-state index in [0.29, 0.717) is 12.2 Å². The molecule has 0 saturated carbocycles. The molecule has 8 heteroatoms. The van der Waals surface area contributed by atoms with Crippen molar-refractivity contribution in [1.29, 1.82) is 5.26 Å². The predicted octanol–water partition coefficient (Wildman–Crippen LogP) is 3.54. The highest BCUT2D eigenvalue weighted by molar-refractivity contribution is 6.00. The summed E-state index contributed by atoms with van der Waals surface area (Å²) < 4.78 is 25.3. The highest BCUT2D eigenvalue weighted by atomic mass is 19.1. The number of hydrogen-bond donors (Lipinski definition) is 1. The van der Waals surface area contributed by atoms with Gasteiger partial charge < -0.3 is 19.4 Å². The van der Waals surface area contributed by atoms with Gasteiger partial charge in [-0.15, -0.1) is 0 Å². The summed E-state index contributed by atoms with van der Waals surface area (Å²) in [7, 11) is 1.62. The number of nitrogens with zero attached hydrogens (tertiary/aromatic N) is 2. The van der Waals surface area contributed by atoms with Crippen LogP contribution in [0.2, 0.25) is 0 Å². The second-order valence-electron chi connectivity index (χ2n) is 6.81. The van der Waals surface area contributed by atoms with E-state index in [1.807, 2.05) is 32.9 Å². The van der Waals surface area contributed by atoms with E-state index in [-0.39, 0.29) is 17.3 Å². The lowest BCUT2D eigenvalue weighted by atomic mass is 10.1. The normalized spacial score (nSPS) is 12.2. The maximum absolute atomic E-state index is 13.2. The predicted molar refractivity (Wildman–Crippen MR) is 110 cm³/mol. The van der Waals surface area contributed by atoms with E-state index in [0.717, 1.165) is 17.5 Å². The number of aryl methyl sites for hydroxylation is 1. The Morgan fingerprint density at radius 2 is 2.07 bits per heavy atom. The van der Waals surface area contributed by atoms with Crippen molar-refractivity contribution in [1.82, 2.24) is 4.57 Å². The first kappa shape index (κ1) is 22.8. The van der Waals surface area contributed by atoms with Crippen molar-refractivity contribution < 1.29 is 23.5 Å². The molecule has 1 aromatic carbocycles. The third kappa shape index (κ3) is 5.78. The summed E-state index contributed by atoms with van der Waals surface area (Å²) in [6.45, 7) is 5.74. The van der Waals surface area contributed by atoms with Gasteiger partial charge in [-0.3, -0.25) is 4.79 Å². The average Bonchev–Trinajstić information content (AvgIpc) is 2.97. The van der Waals surface area contributed by atoms with Crippen LogP contribution in [0.1, 0.15) is 29.9 Å². The fourth-order valence-corrected chi connectivity index (χ4v) is 3.21. The van der Waals surface area contributed by atoms with Crippen LogP contribution in [0.4, 0.5) is 10.1 Å². The van der Waals surface area contributed by atoms with Crippen molar-refractivity contribution in [3.8, 4) is 6.07 Å². The van der Waals surface area contributed by atoms with Gasteiger partial charge in [0, 0.05) is 24.2 Å². The van der Waals surface area contributed by atoms with Gasteiger partial charge in [0.2, 0.25) is 0 Å². The van der Waals surface area contributed by atoms with E-state index < -0.39 is 24.3 Å². The molecule has 1 amide bonds. The van der Waals surface area contributed by atoms with Gasteiger partial charge in [-0.05, 0) is 56.7 Å². The number of halogens is 1. The summed E-state index contributed by atoms with van der Waals surface area (Å²) in [5.74, 6) is -2.06. The minimum absolute atomic E-state index is 0.0844. The number of nitrogens with one attached hydrogen (secondary N) is 1. The highest BCUT2D eigenvalue weighted by Gasteiger charge is 2.17. The second kappa shape index (κ2) is 10.4. The summed E-state index contributed by atoms with van der Waals surface area (Å²) in [5.41, 5.74) is 2.55. The third-order valence-electron chi connectivity index (χ3n) is 4.46. The first-order chi connectivity index (χ1) is 14.3. The number of anilines is 1. The quantitative estimate of drug-likeness (QED) is 0.406. The van der Waals surface area contributed by atoms with Crippen molar-refractivity contribution in [3.05, 3.63) is 58.7 Å². The van der Waals surface area contributed by atoms with Gasteiger partial charge in [0.25, 0.3) is 5.91 Å². The molecule has 1 atom stereocenters. The van der Waals surface area contributed by atoms with E-state index in [1.54, 1.807) is 7.11 Å². The molecule has 7 nitrogen and oxygen atoms in total.